The first-order valence-corrected chi connectivity index (χ1v) is 0. The van der Waals surface area contributed by atoms with E-state index >= 15 is 0 Å². The predicted octanol–water partition coefficient (Wildman–Crippen LogP) is -14.1. The fourth-order valence-corrected chi connectivity index (χ4v) is 0. The molecule has 46 valence electrons. The second-order valence-corrected chi connectivity index (χ2v) is 0. The Bertz CT molecular complexity index is 8.04. The van der Waals surface area contributed by atoms with Gasteiger partial charge in [-0.1, -0.05) is 0 Å². The molecule has 0 saturated carbocycles. The zero-order valence-electron chi connectivity index (χ0n) is 2.75. The Morgan fingerprint density at radius 3 is 0.429 bits per heavy atom. The van der Waals surface area contributed by atoms with Crippen LogP contribution in [0.25, 0.3) is 0 Å². The summed E-state index contributed by atoms with van der Waals surface area (Å²) in [5, 5.41) is 0. The molecule has 0 aromatic carbocycles. The third-order valence-corrected chi connectivity index (χ3v) is 0. The number of rotatable bonds is 0. The Balaban J connectivity index is 0. The van der Waals surface area contributed by atoms with Crippen LogP contribution < -0.4 is 62.0 Å². The maximum atomic E-state index is 0. The molecule has 7 heavy (non-hydrogen) atoms. The van der Waals surface area contributed by atoms with Crippen LogP contribution in [-0.4, -0.2) is 0 Å². The summed E-state index contributed by atoms with van der Waals surface area (Å²) in [7, 11) is 0. The van der Waals surface area contributed by atoms with Crippen LogP contribution in [0.5, 0.6) is 0 Å². The summed E-state index contributed by atoms with van der Waals surface area (Å²) in [5.41, 5.74) is 0. The Kier molecular flexibility index (Phi) is 1550. The minimum atomic E-state index is 0. The molecule has 0 aliphatic carbocycles. The van der Waals surface area contributed by atoms with Crippen molar-refractivity contribution in [2.75, 3.05) is 0 Å². The predicted molar refractivity (Wildman–Crippen MR) is 14.3 cm³/mol. The molecule has 7 heteroatoms. The number of halogens is 5. The van der Waals surface area contributed by atoms with Crippen LogP contribution in [0, 0.1) is 0 Å². The van der Waals surface area contributed by atoms with Gasteiger partial charge in [-0.15, -0.1) is 0 Å². The molecule has 0 bridgehead atoms. The first kappa shape index (κ1) is 126. The van der Waals surface area contributed by atoms with Gasteiger partial charge in [0.2, 0.25) is 0 Å². The van der Waals surface area contributed by atoms with Gasteiger partial charge < -0.3 is 62.0 Å². The average molecular weight is 240 g/mol. The van der Waals surface area contributed by atoms with Gasteiger partial charge in [0.25, 0.3) is 0 Å². The molecular formula is Cl5PS. The summed E-state index contributed by atoms with van der Waals surface area (Å²) in [6.07, 6.45) is 0. The average Bonchev–Trinajstić information content (AvgIpc) is 0. The molecule has 6 radical (unpaired) electrons. The van der Waals surface area contributed by atoms with E-state index in [0.29, 0.717) is 0 Å². The first-order chi connectivity index (χ1) is 0. The smallest absolute Gasteiger partial charge is 1.00 e. The molecule has 0 aromatic rings. The zero-order chi connectivity index (χ0) is 0. The van der Waals surface area contributed by atoms with Gasteiger partial charge in [-0.25, -0.2) is 0 Å². The van der Waals surface area contributed by atoms with Crippen LogP contribution in [0.15, 0.2) is 0 Å². The van der Waals surface area contributed by atoms with Crippen molar-refractivity contribution in [2.45, 2.75) is 0 Å². The van der Waals surface area contributed by atoms with Gasteiger partial charge in [0, 0.05) is 0 Å². The molecule has 0 saturated heterocycles. The minimum absolute atomic E-state index is 0. The SMILES string of the molecule is [Cl-].[Cl-].[Cl-].[Cl-].[Cl-].[P+3].[S+2]. The van der Waals surface area contributed by atoms with Crippen LogP contribution in [0.1, 0.15) is 0 Å². The topological polar surface area (TPSA) is 0 Å². The molecule has 0 unspecified atom stereocenters. The van der Waals surface area contributed by atoms with Crippen molar-refractivity contribution in [2.24, 2.45) is 0 Å². The van der Waals surface area contributed by atoms with Gasteiger partial charge in [-0.05, 0) is 0 Å². The monoisotopic (exact) mass is 238 g/mol. The van der Waals surface area contributed by atoms with E-state index in [9.17, 15) is 0 Å². The van der Waals surface area contributed by atoms with Gasteiger partial charge >= 0.3 is 23.4 Å². The van der Waals surface area contributed by atoms with Crippen molar-refractivity contribution >= 4 is 23.4 Å². The van der Waals surface area contributed by atoms with Crippen LogP contribution >= 0.6 is 9.90 Å². The first-order valence-electron chi connectivity index (χ1n) is 0. The van der Waals surface area contributed by atoms with Crippen molar-refractivity contribution in [3.8, 4) is 0 Å². The van der Waals surface area contributed by atoms with Crippen LogP contribution in [0.4, 0.5) is 0 Å². The second-order valence-electron chi connectivity index (χ2n) is 0. The molecule has 0 aliphatic rings. The van der Waals surface area contributed by atoms with E-state index in [1.807, 2.05) is 0 Å². The maximum Gasteiger partial charge on any atom is 3.00 e. The Morgan fingerprint density at radius 1 is 0.429 bits per heavy atom. The molecule has 0 N–H and O–H groups in total. The Hall–Kier alpha value is 2.23. The van der Waals surface area contributed by atoms with Crippen molar-refractivity contribution in [1.29, 1.82) is 0 Å². The van der Waals surface area contributed by atoms with E-state index < -0.39 is 0 Å². The van der Waals surface area contributed by atoms with Crippen molar-refractivity contribution in [3.05, 3.63) is 0 Å². The second kappa shape index (κ2) is 86.5. The zero-order valence-corrected chi connectivity index (χ0v) is 8.24. The standard InChI is InChI=1S/5ClH.P.S/h5*1H;;/q;;;;;+3;+2/p-5. The molecule has 0 heterocycles. The molecule has 0 rings (SSSR count). The summed E-state index contributed by atoms with van der Waals surface area (Å²) >= 11 is 0. The van der Waals surface area contributed by atoms with E-state index in [1.165, 1.54) is 0 Å². The van der Waals surface area contributed by atoms with Gasteiger partial charge in [-0.2, -0.15) is 0 Å². The van der Waals surface area contributed by atoms with E-state index in [1.54, 1.807) is 0 Å². The molecular weight excluding hydrogens is 240 g/mol. The van der Waals surface area contributed by atoms with E-state index in [4.69, 9.17) is 0 Å². The van der Waals surface area contributed by atoms with Crippen LogP contribution in [0.3, 0.4) is 0 Å². The van der Waals surface area contributed by atoms with Gasteiger partial charge in [0.1, 0.15) is 0 Å². The molecule has 0 spiro atoms. The van der Waals surface area contributed by atoms with Crippen molar-refractivity contribution in [1.82, 2.24) is 0 Å². The summed E-state index contributed by atoms with van der Waals surface area (Å²) in [6, 6.07) is 0. The molecule has 0 amide bonds. The summed E-state index contributed by atoms with van der Waals surface area (Å²) in [5.74, 6) is 0. The third-order valence-electron chi connectivity index (χ3n) is 0. The largest absolute Gasteiger partial charge is 3.00 e. The molecule has 0 fully saturated rings. The van der Waals surface area contributed by atoms with Gasteiger partial charge in [0.15, 0.2) is 0 Å². The Labute approximate surface area is 85.1 Å². The minimum Gasteiger partial charge on any atom is -1.00 e. The third kappa shape index (κ3) is 64.2. The normalized spacial score (nSPS) is 0. The summed E-state index contributed by atoms with van der Waals surface area (Å²) in [6.45, 7) is 0. The van der Waals surface area contributed by atoms with Crippen molar-refractivity contribution < 1.29 is 62.0 Å². The molecule has 0 atom stereocenters. The fraction of sp³-hybridized carbons (Fsp3) is 0. The van der Waals surface area contributed by atoms with E-state index in [-0.39, 0.29) is 85.4 Å². The van der Waals surface area contributed by atoms with E-state index in [2.05, 4.69) is 0 Å². The number of hydrogen-bond acceptors (Lipinski definition) is 0. The molecule has 0 aliphatic heterocycles. The fourth-order valence-electron chi connectivity index (χ4n) is 0. The van der Waals surface area contributed by atoms with E-state index in [0.717, 1.165) is 0 Å². The summed E-state index contributed by atoms with van der Waals surface area (Å²) < 4.78 is 0. The van der Waals surface area contributed by atoms with Crippen LogP contribution in [0.2, 0.25) is 0 Å². The maximum absolute atomic E-state index is 0. The number of hydrogen-bond donors (Lipinski definition) is 0. The van der Waals surface area contributed by atoms with Gasteiger partial charge in [-0.3, -0.25) is 0 Å². The van der Waals surface area contributed by atoms with Gasteiger partial charge in [0.05, 0.1) is 0 Å². The van der Waals surface area contributed by atoms with Crippen molar-refractivity contribution in [3.63, 3.8) is 0 Å². The Morgan fingerprint density at radius 2 is 0.429 bits per heavy atom. The quantitative estimate of drug-likeness (QED) is 0.369. The summed E-state index contributed by atoms with van der Waals surface area (Å²) in [4.78, 5) is 0. The van der Waals surface area contributed by atoms with Crippen LogP contribution in [-0.2, 0) is 13.5 Å². The molecule has 0 aromatic heterocycles. The molecule has 0 nitrogen and oxygen atoms in total.